The monoisotopic (exact) mass is 411 g/mol. The first kappa shape index (κ1) is 20.6. The standard InChI is InChI=1S/C23H29N3O4/c1-17(27)26-11-5-10-23(26,22(28)24-16-18-8-12-29-13-9-18)15-20-14-21(25-30-20)19-6-3-2-4-7-19/h2-4,6-7,14,18H,5,8-13,15-16H2,1H3,(H,24,28)/t23-/m0/s1. The lowest BCUT2D eigenvalue weighted by Gasteiger charge is -2.36. The van der Waals surface area contributed by atoms with Gasteiger partial charge in [-0.25, -0.2) is 0 Å². The van der Waals surface area contributed by atoms with E-state index in [2.05, 4.69) is 10.5 Å². The molecule has 0 bridgehead atoms. The molecule has 2 fully saturated rings. The van der Waals surface area contributed by atoms with Crippen molar-refractivity contribution in [2.24, 2.45) is 5.92 Å². The maximum Gasteiger partial charge on any atom is 0.246 e. The highest BCUT2D eigenvalue weighted by atomic mass is 16.5. The van der Waals surface area contributed by atoms with E-state index in [1.165, 1.54) is 6.92 Å². The van der Waals surface area contributed by atoms with Crippen LogP contribution in [-0.4, -0.2) is 53.7 Å². The molecular weight excluding hydrogens is 382 g/mol. The molecule has 2 aliphatic heterocycles. The van der Waals surface area contributed by atoms with Crippen LogP contribution in [0.1, 0.15) is 38.4 Å². The Kier molecular flexibility index (Phi) is 6.18. The van der Waals surface area contributed by atoms with Crippen LogP contribution in [0.25, 0.3) is 11.3 Å². The predicted molar refractivity (Wildman–Crippen MR) is 112 cm³/mol. The molecule has 1 aromatic carbocycles. The van der Waals surface area contributed by atoms with Crippen LogP contribution in [0.5, 0.6) is 0 Å². The molecule has 3 heterocycles. The number of benzene rings is 1. The summed E-state index contributed by atoms with van der Waals surface area (Å²) in [6.45, 7) is 4.21. The third-order valence-corrected chi connectivity index (χ3v) is 6.28. The number of nitrogens with one attached hydrogen (secondary N) is 1. The minimum atomic E-state index is -0.926. The molecule has 1 aromatic heterocycles. The van der Waals surface area contributed by atoms with Crippen molar-refractivity contribution in [2.75, 3.05) is 26.3 Å². The summed E-state index contributed by atoms with van der Waals surface area (Å²) in [4.78, 5) is 27.5. The fraction of sp³-hybridized carbons (Fsp3) is 0.522. The van der Waals surface area contributed by atoms with Crippen LogP contribution in [0.4, 0.5) is 0 Å². The highest BCUT2D eigenvalue weighted by molar-refractivity contribution is 5.91. The largest absolute Gasteiger partial charge is 0.381 e. The van der Waals surface area contributed by atoms with Gasteiger partial charge in [0.25, 0.3) is 0 Å². The first-order valence-corrected chi connectivity index (χ1v) is 10.7. The number of amides is 2. The second kappa shape index (κ2) is 9.00. The molecule has 7 heteroatoms. The van der Waals surface area contributed by atoms with E-state index in [0.29, 0.717) is 37.6 Å². The smallest absolute Gasteiger partial charge is 0.246 e. The Morgan fingerprint density at radius 1 is 1.23 bits per heavy atom. The van der Waals surface area contributed by atoms with Gasteiger partial charge in [-0.3, -0.25) is 9.59 Å². The number of hydrogen-bond donors (Lipinski definition) is 1. The second-order valence-electron chi connectivity index (χ2n) is 8.29. The summed E-state index contributed by atoms with van der Waals surface area (Å²) in [5.41, 5.74) is 0.765. The van der Waals surface area contributed by atoms with Gasteiger partial charge in [-0.05, 0) is 31.6 Å². The molecule has 0 saturated carbocycles. The molecule has 7 nitrogen and oxygen atoms in total. The van der Waals surface area contributed by atoms with Crippen LogP contribution >= 0.6 is 0 Å². The summed E-state index contributed by atoms with van der Waals surface area (Å²) >= 11 is 0. The van der Waals surface area contributed by atoms with E-state index in [9.17, 15) is 9.59 Å². The third-order valence-electron chi connectivity index (χ3n) is 6.28. The molecule has 2 aliphatic rings. The van der Waals surface area contributed by atoms with Gasteiger partial charge in [0.2, 0.25) is 11.8 Å². The molecule has 0 unspecified atom stereocenters. The van der Waals surface area contributed by atoms with Crippen molar-refractivity contribution in [1.29, 1.82) is 0 Å². The number of ether oxygens (including phenoxy) is 1. The zero-order valence-electron chi connectivity index (χ0n) is 17.4. The van der Waals surface area contributed by atoms with E-state index in [4.69, 9.17) is 9.26 Å². The molecule has 4 rings (SSSR count). The molecule has 30 heavy (non-hydrogen) atoms. The van der Waals surface area contributed by atoms with Gasteiger partial charge in [0.05, 0.1) is 0 Å². The predicted octanol–water partition coefficient (Wildman–Crippen LogP) is 2.81. The van der Waals surface area contributed by atoms with Crippen molar-refractivity contribution in [3.8, 4) is 11.3 Å². The molecule has 0 spiro atoms. The molecule has 2 saturated heterocycles. The second-order valence-corrected chi connectivity index (χ2v) is 8.29. The fourth-order valence-corrected chi connectivity index (χ4v) is 4.62. The third kappa shape index (κ3) is 4.26. The van der Waals surface area contributed by atoms with E-state index in [1.807, 2.05) is 36.4 Å². The van der Waals surface area contributed by atoms with Gasteiger partial charge in [0, 0.05) is 51.3 Å². The number of carbonyl (C=O) groups excluding carboxylic acids is 2. The zero-order chi connectivity index (χ0) is 21.0. The van der Waals surface area contributed by atoms with E-state index in [1.54, 1.807) is 4.90 Å². The van der Waals surface area contributed by atoms with Gasteiger partial charge in [-0.1, -0.05) is 35.5 Å². The Morgan fingerprint density at radius 2 is 2.00 bits per heavy atom. The summed E-state index contributed by atoms with van der Waals surface area (Å²) < 4.78 is 11.0. The number of aromatic nitrogens is 1. The average molecular weight is 412 g/mol. The summed E-state index contributed by atoms with van der Waals surface area (Å²) in [6.07, 6.45) is 3.64. The van der Waals surface area contributed by atoms with Gasteiger partial charge in [0.15, 0.2) is 0 Å². The Bertz CT molecular complexity index is 876. The molecule has 1 atom stereocenters. The lowest BCUT2D eigenvalue weighted by molar-refractivity contribution is -0.144. The first-order valence-electron chi connectivity index (χ1n) is 10.7. The normalized spacial score (nSPS) is 22.2. The van der Waals surface area contributed by atoms with Gasteiger partial charge in [-0.15, -0.1) is 0 Å². The molecule has 2 aromatic rings. The van der Waals surface area contributed by atoms with Crippen molar-refractivity contribution in [3.63, 3.8) is 0 Å². The minimum absolute atomic E-state index is 0.0866. The van der Waals surface area contributed by atoms with Crippen LogP contribution in [0.2, 0.25) is 0 Å². The number of likely N-dealkylation sites (tertiary alicyclic amines) is 1. The average Bonchev–Trinajstić information content (AvgIpc) is 3.41. The van der Waals surface area contributed by atoms with Crippen LogP contribution in [0.3, 0.4) is 0 Å². The number of nitrogens with zero attached hydrogens (tertiary/aromatic N) is 2. The van der Waals surface area contributed by atoms with Crippen molar-refractivity contribution in [2.45, 2.75) is 44.6 Å². The van der Waals surface area contributed by atoms with Crippen LogP contribution < -0.4 is 5.32 Å². The lowest BCUT2D eigenvalue weighted by atomic mass is 9.88. The lowest BCUT2D eigenvalue weighted by Crippen LogP contribution is -2.58. The number of carbonyl (C=O) groups is 2. The van der Waals surface area contributed by atoms with Crippen molar-refractivity contribution in [3.05, 3.63) is 42.2 Å². The number of hydrogen-bond acceptors (Lipinski definition) is 5. The summed E-state index contributed by atoms with van der Waals surface area (Å²) in [5.74, 6) is 0.848. The Hall–Kier alpha value is -2.67. The zero-order valence-corrected chi connectivity index (χ0v) is 17.4. The Balaban J connectivity index is 1.53. The first-order chi connectivity index (χ1) is 14.6. The minimum Gasteiger partial charge on any atom is -0.381 e. The van der Waals surface area contributed by atoms with Crippen LogP contribution in [0.15, 0.2) is 40.9 Å². The summed E-state index contributed by atoms with van der Waals surface area (Å²) in [7, 11) is 0. The molecule has 0 radical (unpaired) electrons. The maximum atomic E-state index is 13.4. The van der Waals surface area contributed by atoms with E-state index >= 15 is 0 Å². The van der Waals surface area contributed by atoms with E-state index in [-0.39, 0.29) is 11.8 Å². The van der Waals surface area contributed by atoms with Crippen molar-refractivity contribution >= 4 is 11.8 Å². The highest BCUT2D eigenvalue weighted by Crippen LogP contribution is 2.34. The topological polar surface area (TPSA) is 84.7 Å². The molecule has 1 N–H and O–H groups in total. The molecular formula is C23H29N3O4. The number of rotatable bonds is 6. The van der Waals surface area contributed by atoms with Crippen molar-refractivity contribution < 1.29 is 18.8 Å². The SMILES string of the molecule is CC(=O)N1CCC[C@]1(Cc1cc(-c2ccccc2)no1)C(=O)NCC1CCOCC1. The van der Waals surface area contributed by atoms with Crippen LogP contribution in [0, 0.1) is 5.92 Å². The van der Waals surface area contributed by atoms with Gasteiger partial charge < -0.3 is 19.5 Å². The molecule has 2 amide bonds. The molecule has 160 valence electrons. The van der Waals surface area contributed by atoms with Gasteiger partial charge >= 0.3 is 0 Å². The van der Waals surface area contributed by atoms with Gasteiger partial charge in [-0.2, -0.15) is 0 Å². The van der Waals surface area contributed by atoms with Gasteiger partial charge in [0.1, 0.15) is 17.0 Å². The summed E-state index contributed by atoms with van der Waals surface area (Å²) in [5, 5.41) is 7.31. The van der Waals surface area contributed by atoms with E-state index in [0.717, 1.165) is 43.7 Å². The fourth-order valence-electron chi connectivity index (χ4n) is 4.62. The Morgan fingerprint density at radius 3 is 2.73 bits per heavy atom. The van der Waals surface area contributed by atoms with Crippen molar-refractivity contribution in [1.82, 2.24) is 15.4 Å². The molecule has 0 aliphatic carbocycles. The van der Waals surface area contributed by atoms with E-state index < -0.39 is 5.54 Å². The highest BCUT2D eigenvalue weighted by Gasteiger charge is 2.49. The van der Waals surface area contributed by atoms with Crippen LogP contribution in [-0.2, 0) is 20.7 Å². The quantitative estimate of drug-likeness (QED) is 0.790. The summed E-state index contributed by atoms with van der Waals surface area (Å²) in [6, 6.07) is 11.7. The Labute approximate surface area is 176 Å². The maximum absolute atomic E-state index is 13.4.